The maximum absolute atomic E-state index is 11.8. The second kappa shape index (κ2) is 10.4. The minimum atomic E-state index is 0. The van der Waals surface area contributed by atoms with Crippen LogP contribution >= 0.6 is 24.0 Å². The number of fused-ring (bicyclic) bond motifs is 1. The fourth-order valence-corrected chi connectivity index (χ4v) is 3.51. The number of nitrogens with zero attached hydrogens (tertiary/aromatic N) is 3. The number of hydrogen-bond donors (Lipinski definition) is 1. The largest absolute Gasteiger partial charge is 0.356 e. The van der Waals surface area contributed by atoms with Crippen LogP contribution in [0.25, 0.3) is 0 Å². The van der Waals surface area contributed by atoms with Gasteiger partial charge < -0.3 is 15.1 Å². The van der Waals surface area contributed by atoms with Crippen LogP contribution in [0.1, 0.15) is 45.4 Å². The third-order valence-corrected chi connectivity index (χ3v) is 4.95. The smallest absolute Gasteiger partial charge is 0.243 e. The average Bonchev–Trinajstić information content (AvgIpc) is 2.94. The van der Waals surface area contributed by atoms with Crippen LogP contribution in [0.3, 0.4) is 0 Å². The number of likely N-dealkylation sites (N-methyl/N-ethyl adjacent to an activating group) is 1. The highest BCUT2D eigenvalue weighted by Crippen LogP contribution is 2.35. The van der Waals surface area contributed by atoms with Gasteiger partial charge in [-0.2, -0.15) is 0 Å². The van der Waals surface area contributed by atoms with E-state index in [0.717, 1.165) is 43.9 Å². The summed E-state index contributed by atoms with van der Waals surface area (Å²) in [5.41, 5.74) is 0. The molecule has 2 atom stereocenters. The van der Waals surface area contributed by atoms with Crippen LogP contribution in [-0.4, -0.2) is 61.9 Å². The van der Waals surface area contributed by atoms with Crippen molar-refractivity contribution in [3.63, 3.8) is 0 Å². The Bertz CT molecular complexity index is 386. The third-order valence-electron chi connectivity index (χ3n) is 4.95. The molecular formula is C17H33IN4O. The molecule has 2 fully saturated rings. The lowest BCUT2D eigenvalue weighted by molar-refractivity contribution is -0.127. The number of carbonyl (C=O) groups excluding carboxylic acids is 1. The van der Waals surface area contributed by atoms with Crippen molar-refractivity contribution >= 4 is 35.8 Å². The lowest BCUT2D eigenvalue weighted by Gasteiger charge is -2.22. The maximum Gasteiger partial charge on any atom is 0.243 e. The summed E-state index contributed by atoms with van der Waals surface area (Å²) in [5.74, 6) is 2.66. The third kappa shape index (κ3) is 6.12. The standard InChI is InChI=1S/C17H32N4O.HI/c1-4-5-10-18-17(19-11-16(22)20(2)3)21-12-14-8-6-7-9-15(14)13-21;/h14-15H,4-13H2,1-3H3,(H,18,19);1H. The number of carbonyl (C=O) groups is 1. The summed E-state index contributed by atoms with van der Waals surface area (Å²) >= 11 is 0. The highest BCUT2D eigenvalue weighted by molar-refractivity contribution is 14.0. The predicted molar refractivity (Wildman–Crippen MR) is 106 cm³/mol. The molecule has 0 aromatic rings. The molecule has 1 saturated heterocycles. The Labute approximate surface area is 158 Å². The molecule has 0 bridgehead atoms. The molecule has 1 amide bonds. The molecule has 5 nitrogen and oxygen atoms in total. The SMILES string of the molecule is CCCCNC(=NCC(=O)N(C)C)N1CC2CCCCC2C1.I. The molecule has 0 spiro atoms. The molecule has 6 heteroatoms. The fraction of sp³-hybridized carbons (Fsp3) is 0.882. The first-order chi connectivity index (χ1) is 10.6. The van der Waals surface area contributed by atoms with Crippen molar-refractivity contribution in [1.29, 1.82) is 0 Å². The Morgan fingerprint density at radius 1 is 1.22 bits per heavy atom. The van der Waals surface area contributed by atoms with Crippen LogP contribution in [0.15, 0.2) is 4.99 Å². The molecule has 0 radical (unpaired) electrons. The Morgan fingerprint density at radius 3 is 2.35 bits per heavy atom. The van der Waals surface area contributed by atoms with E-state index in [-0.39, 0.29) is 36.4 Å². The molecule has 0 aromatic carbocycles. The van der Waals surface area contributed by atoms with E-state index in [4.69, 9.17) is 0 Å². The van der Waals surface area contributed by atoms with Gasteiger partial charge in [0.2, 0.25) is 5.91 Å². The van der Waals surface area contributed by atoms with Gasteiger partial charge in [0.1, 0.15) is 6.54 Å². The number of hydrogen-bond acceptors (Lipinski definition) is 2. The van der Waals surface area contributed by atoms with Crippen LogP contribution in [-0.2, 0) is 4.79 Å². The molecular weight excluding hydrogens is 403 g/mol. The van der Waals surface area contributed by atoms with Crippen molar-refractivity contribution in [1.82, 2.24) is 15.1 Å². The van der Waals surface area contributed by atoms with Gasteiger partial charge in [-0.1, -0.05) is 26.2 Å². The summed E-state index contributed by atoms with van der Waals surface area (Å²) in [7, 11) is 3.57. The number of halogens is 1. The maximum atomic E-state index is 11.8. The van der Waals surface area contributed by atoms with Crippen molar-refractivity contribution in [3.05, 3.63) is 0 Å². The molecule has 1 aliphatic carbocycles. The van der Waals surface area contributed by atoms with Gasteiger partial charge in [-0.05, 0) is 31.1 Å². The number of rotatable bonds is 5. The van der Waals surface area contributed by atoms with Crippen LogP contribution in [0.2, 0.25) is 0 Å². The number of likely N-dealkylation sites (tertiary alicyclic amines) is 1. The van der Waals surface area contributed by atoms with Crippen molar-refractivity contribution in [2.45, 2.75) is 45.4 Å². The molecule has 1 N–H and O–H groups in total. The monoisotopic (exact) mass is 436 g/mol. The van der Waals surface area contributed by atoms with E-state index in [1.54, 1.807) is 19.0 Å². The predicted octanol–water partition coefficient (Wildman–Crippen LogP) is 2.56. The highest BCUT2D eigenvalue weighted by Gasteiger charge is 2.35. The van der Waals surface area contributed by atoms with Crippen LogP contribution in [0.5, 0.6) is 0 Å². The lowest BCUT2D eigenvalue weighted by atomic mass is 9.82. The number of amides is 1. The van der Waals surface area contributed by atoms with E-state index in [0.29, 0.717) is 0 Å². The second-order valence-corrected chi connectivity index (χ2v) is 6.92. The molecule has 134 valence electrons. The number of nitrogens with one attached hydrogen (secondary N) is 1. The van der Waals surface area contributed by atoms with Gasteiger partial charge in [-0.15, -0.1) is 24.0 Å². The van der Waals surface area contributed by atoms with Crippen molar-refractivity contribution in [2.75, 3.05) is 40.3 Å². The summed E-state index contributed by atoms with van der Waals surface area (Å²) in [6.45, 7) is 5.60. The lowest BCUT2D eigenvalue weighted by Crippen LogP contribution is -2.41. The minimum absolute atomic E-state index is 0. The Morgan fingerprint density at radius 2 is 1.83 bits per heavy atom. The van der Waals surface area contributed by atoms with Crippen molar-refractivity contribution in [2.24, 2.45) is 16.8 Å². The van der Waals surface area contributed by atoms with Gasteiger partial charge in [0, 0.05) is 33.7 Å². The molecule has 1 heterocycles. The van der Waals surface area contributed by atoms with E-state index >= 15 is 0 Å². The summed E-state index contributed by atoms with van der Waals surface area (Å²) in [6.07, 6.45) is 7.79. The Balaban J connectivity index is 0.00000264. The van der Waals surface area contributed by atoms with Gasteiger partial charge in [0.25, 0.3) is 0 Å². The summed E-state index contributed by atoms with van der Waals surface area (Å²) < 4.78 is 0. The van der Waals surface area contributed by atoms with E-state index in [1.807, 2.05) is 0 Å². The fourth-order valence-electron chi connectivity index (χ4n) is 3.51. The molecule has 1 saturated carbocycles. The minimum Gasteiger partial charge on any atom is -0.356 e. The second-order valence-electron chi connectivity index (χ2n) is 6.92. The number of unbranched alkanes of at least 4 members (excludes halogenated alkanes) is 1. The first kappa shape index (κ1) is 20.5. The zero-order chi connectivity index (χ0) is 15.9. The van der Waals surface area contributed by atoms with Crippen LogP contribution in [0, 0.1) is 11.8 Å². The molecule has 1 aliphatic heterocycles. The molecule has 23 heavy (non-hydrogen) atoms. The molecule has 0 aromatic heterocycles. The topological polar surface area (TPSA) is 47.9 Å². The summed E-state index contributed by atoms with van der Waals surface area (Å²) in [6, 6.07) is 0. The van der Waals surface area contributed by atoms with E-state index in [9.17, 15) is 4.79 Å². The van der Waals surface area contributed by atoms with Gasteiger partial charge >= 0.3 is 0 Å². The first-order valence-corrected chi connectivity index (χ1v) is 8.85. The number of guanidine groups is 1. The summed E-state index contributed by atoms with van der Waals surface area (Å²) in [4.78, 5) is 20.4. The first-order valence-electron chi connectivity index (χ1n) is 8.85. The van der Waals surface area contributed by atoms with Gasteiger partial charge in [-0.3, -0.25) is 4.79 Å². The van der Waals surface area contributed by atoms with Gasteiger partial charge in [-0.25, -0.2) is 4.99 Å². The van der Waals surface area contributed by atoms with Crippen LogP contribution < -0.4 is 5.32 Å². The zero-order valence-electron chi connectivity index (χ0n) is 14.9. The molecule has 2 unspecified atom stereocenters. The Hall–Kier alpha value is -0.530. The Kier molecular flexibility index (Phi) is 9.24. The molecule has 2 aliphatic rings. The van der Waals surface area contributed by atoms with Gasteiger partial charge in [0.15, 0.2) is 5.96 Å². The normalized spacial score (nSPS) is 24.0. The zero-order valence-corrected chi connectivity index (χ0v) is 17.2. The average molecular weight is 436 g/mol. The molecule has 2 rings (SSSR count). The summed E-state index contributed by atoms with van der Waals surface area (Å²) in [5, 5.41) is 3.47. The van der Waals surface area contributed by atoms with E-state index < -0.39 is 0 Å². The van der Waals surface area contributed by atoms with E-state index in [2.05, 4.69) is 22.1 Å². The van der Waals surface area contributed by atoms with Crippen molar-refractivity contribution < 1.29 is 4.79 Å². The van der Waals surface area contributed by atoms with Crippen molar-refractivity contribution in [3.8, 4) is 0 Å². The van der Waals surface area contributed by atoms with Crippen LogP contribution in [0.4, 0.5) is 0 Å². The highest BCUT2D eigenvalue weighted by atomic mass is 127. The van der Waals surface area contributed by atoms with Gasteiger partial charge in [0.05, 0.1) is 0 Å². The quantitative estimate of drug-likeness (QED) is 0.312. The van der Waals surface area contributed by atoms with E-state index in [1.165, 1.54) is 32.1 Å². The number of aliphatic imine (C=N–C) groups is 1.